The lowest BCUT2D eigenvalue weighted by atomic mass is 9.95. The van der Waals surface area contributed by atoms with Crippen LogP contribution < -0.4 is 0 Å². The first-order chi connectivity index (χ1) is 6.37. The van der Waals surface area contributed by atoms with Crippen molar-refractivity contribution in [3.8, 4) is 0 Å². The predicted octanol–water partition coefficient (Wildman–Crippen LogP) is 4.57. The van der Waals surface area contributed by atoms with Crippen molar-refractivity contribution >= 4 is 0 Å². The molecule has 76 valence electrons. The summed E-state index contributed by atoms with van der Waals surface area (Å²) in [6.45, 7) is 17.2. The van der Waals surface area contributed by atoms with Gasteiger partial charge in [-0.25, -0.2) is 0 Å². The van der Waals surface area contributed by atoms with Gasteiger partial charge in [0.2, 0.25) is 0 Å². The van der Waals surface area contributed by atoms with Crippen LogP contribution in [0.15, 0.2) is 45.6 Å². The second-order valence-corrected chi connectivity index (χ2v) is 4.35. The minimum absolute atomic E-state index is 1.21. The Kier molecular flexibility index (Phi) is 2.84. The van der Waals surface area contributed by atoms with Gasteiger partial charge in [-0.05, 0) is 75.0 Å². The van der Waals surface area contributed by atoms with Crippen molar-refractivity contribution in [1.29, 1.82) is 0 Å². The topological polar surface area (TPSA) is 0 Å². The SMILES string of the molecule is C=C1C(C)=C(C)C(C)=C1C(C)=C(C)C. The van der Waals surface area contributed by atoms with E-state index in [1.807, 2.05) is 0 Å². The zero-order valence-electron chi connectivity index (χ0n) is 10.2. The van der Waals surface area contributed by atoms with E-state index >= 15 is 0 Å². The monoisotopic (exact) mass is 188 g/mol. The van der Waals surface area contributed by atoms with Crippen LogP contribution in [0.1, 0.15) is 41.5 Å². The number of hydrogen-bond donors (Lipinski definition) is 0. The largest absolute Gasteiger partial charge is 0.0909 e. The van der Waals surface area contributed by atoms with Crippen molar-refractivity contribution in [2.75, 3.05) is 0 Å². The Bertz CT molecular complexity index is 380. The minimum atomic E-state index is 1.21. The fraction of sp³-hybridized carbons (Fsp3) is 0.429. The molecule has 0 aromatic rings. The molecule has 0 heteroatoms. The summed E-state index contributed by atoms with van der Waals surface area (Å²) >= 11 is 0. The van der Waals surface area contributed by atoms with Crippen LogP contribution >= 0.6 is 0 Å². The first-order valence-corrected chi connectivity index (χ1v) is 5.10. The van der Waals surface area contributed by atoms with Crippen LogP contribution in [-0.4, -0.2) is 0 Å². The third-order valence-corrected chi connectivity index (χ3v) is 3.38. The Morgan fingerprint density at radius 2 is 1.36 bits per heavy atom. The highest BCUT2D eigenvalue weighted by Crippen LogP contribution is 2.39. The standard InChI is InChI=1S/C14H20/c1-8(2)9(3)14-12(6)10(4)11(5)13(14)7/h6H2,1-5,7H3. The molecule has 0 saturated carbocycles. The van der Waals surface area contributed by atoms with E-state index in [0.29, 0.717) is 0 Å². The Morgan fingerprint density at radius 1 is 0.857 bits per heavy atom. The molecule has 0 amide bonds. The molecule has 0 unspecified atom stereocenters. The van der Waals surface area contributed by atoms with Gasteiger partial charge in [0.15, 0.2) is 0 Å². The summed E-state index contributed by atoms with van der Waals surface area (Å²) in [6.07, 6.45) is 0. The van der Waals surface area contributed by atoms with Crippen LogP contribution in [0.5, 0.6) is 0 Å². The maximum absolute atomic E-state index is 4.17. The van der Waals surface area contributed by atoms with E-state index < -0.39 is 0 Å². The Labute approximate surface area is 87.7 Å². The van der Waals surface area contributed by atoms with E-state index in [1.54, 1.807) is 0 Å². The predicted molar refractivity (Wildman–Crippen MR) is 64.3 cm³/mol. The molecule has 0 aromatic carbocycles. The van der Waals surface area contributed by atoms with E-state index in [-0.39, 0.29) is 0 Å². The molecule has 0 spiro atoms. The normalized spacial score (nSPS) is 16.9. The van der Waals surface area contributed by atoms with Gasteiger partial charge in [-0.1, -0.05) is 12.2 Å². The van der Waals surface area contributed by atoms with Crippen molar-refractivity contribution < 1.29 is 0 Å². The minimum Gasteiger partial charge on any atom is -0.0909 e. The molecule has 0 nitrogen and oxygen atoms in total. The molecule has 0 atom stereocenters. The van der Waals surface area contributed by atoms with Crippen LogP contribution in [0.25, 0.3) is 0 Å². The van der Waals surface area contributed by atoms with Crippen molar-refractivity contribution in [2.24, 2.45) is 0 Å². The quantitative estimate of drug-likeness (QED) is 0.565. The second-order valence-electron chi connectivity index (χ2n) is 4.35. The van der Waals surface area contributed by atoms with Gasteiger partial charge >= 0.3 is 0 Å². The molecule has 0 bridgehead atoms. The maximum Gasteiger partial charge on any atom is -0.0127 e. The number of rotatable bonds is 1. The van der Waals surface area contributed by atoms with Gasteiger partial charge in [-0.15, -0.1) is 0 Å². The van der Waals surface area contributed by atoms with Crippen LogP contribution in [0.3, 0.4) is 0 Å². The van der Waals surface area contributed by atoms with Crippen molar-refractivity contribution in [3.63, 3.8) is 0 Å². The molecule has 0 heterocycles. The van der Waals surface area contributed by atoms with Gasteiger partial charge in [0.1, 0.15) is 0 Å². The molecule has 1 aliphatic carbocycles. The van der Waals surface area contributed by atoms with Gasteiger partial charge in [-0.3, -0.25) is 0 Å². The molecule has 1 rings (SSSR count). The van der Waals surface area contributed by atoms with Crippen LogP contribution in [-0.2, 0) is 0 Å². The first kappa shape index (κ1) is 11.0. The lowest BCUT2D eigenvalue weighted by molar-refractivity contribution is 1.22. The average Bonchev–Trinajstić information content (AvgIpc) is 2.30. The highest BCUT2D eigenvalue weighted by atomic mass is 14.2. The number of hydrogen-bond acceptors (Lipinski definition) is 0. The van der Waals surface area contributed by atoms with E-state index in [9.17, 15) is 0 Å². The van der Waals surface area contributed by atoms with Crippen LogP contribution in [0, 0.1) is 0 Å². The molecular weight excluding hydrogens is 168 g/mol. The van der Waals surface area contributed by atoms with Gasteiger partial charge < -0.3 is 0 Å². The van der Waals surface area contributed by atoms with E-state index in [2.05, 4.69) is 48.1 Å². The molecule has 0 fully saturated rings. The lowest BCUT2D eigenvalue weighted by Gasteiger charge is -2.10. The Balaban J connectivity index is 3.32. The van der Waals surface area contributed by atoms with Gasteiger partial charge in [0, 0.05) is 0 Å². The summed E-state index contributed by atoms with van der Waals surface area (Å²) in [5, 5.41) is 0. The van der Waals surface area contributed by atoms with Gasteiger partial charge in [0.25, 0.3) is 0 Å². The molecule has 0 radical (unpaired) electrons. The molecule has 1 aliphatic rings. The zero-order valence-corrected chi connectivity index (χ0v) is 10.2. The third-order valence-electron chi connectivity index (χ3n) is 3.38. The fourth-order valence-electron chi connectivity index (χ4n) is 1.87. The van der Waals surface area contributed by atoms with Gasteiger partial charge in [0.05, 0.1) is 0 Å². The summed E-state index contributed by atoms with van der Waals surface area (Å²) in [5.41, 5.74) is 9.46. The summed E-state index contributed by atoms with van der Waals surface area (Å²) in [7, 11) is 0. The molecule has 0 aliphatic heterocycles. The van der Waals surface area contributed by atoms with Crippen LogP contribution in [0.4, 0.5) is 0 Å². The second kappa shape index (κ2) is 3.61. The van der Waals surface area contributed by atoms with Crippen molar-refractivity contribution in [1.82, 2.24) is 0 Å². The number of allylic oxidation sites excluding steroid dienone is 7. The Hall–Kier alpha value is -1.04. The maximum atomic E-state index is 4.17. The smallest absolute Gasteiger partial charge is 0.0127 e. The van der Waals surface area contributed by atoms with Crippen LogP contribution in [0.2, 0.25) is 0 Å². The molecular formula is C14H20. The average molecular weight is 188 g/mol. The lowest BCUT2D eigenvalue weighted by Crippen LogP contribution is -1.91. The van der Waals surface area contributed by atoms with E-state index in [4.69, 9.17) is 0 Å². The highest BCUT2D eigenvalue weighted by molar-refractivity contribution is 5.67. The molecule has 0 N–H and O–H groups in total. The van der Waals surface area contributed by atoms with E-state index in [1.165, 1.54) is 39.0 Å². The molecule has 0 saturated heterocycles. The Morgan fingerprint density at radius 3 is 1.64 bits per heavy atom. The molecule has 14 heavy (non-hydrogen) atoms. The summed E-state index contributed by atoms with van der Waals surface area (Å²) < 4.78 is 0. The molecule has 0 aromatic heterocycles. The van der Waals surface area contributed by atoms with Gasteiger partial charge in [-0.2, -0.15) is 0 Å². The summed E-state index contributed by atoms with van der Waals surface area (Å²) in [6, 6.07) is 0. The third kappa shape index (κ3) is 1.50. The van der Waals surface area contributed by atoms with Crippen molar-refractivity contribution in [3.05, 3.63) is 45.6 Å². The van der Waals surface area contributed by atoms with E-state index in [0.717, 1.165) is 0 Å². The first-order valence-electron chi connectivity index (χ1n) is 5.10. The zero-order chi connectivity index (χ0) is 11.0. The van der Waals surface area contributed by atoms with Crippen molar-refractivity contribution in [2.45, 2.75) is 41.5 Å². The fourth-order valence-corrected chi connectivity index (χ4v) is 1.87. The summed E-state index contributed by atoms with van der Waals surface area (Å²) in [4.78, 5) is 0. The summed E-state index contributed by atoms with van der Waals surface area (Å²) in [5.74, 6) is 0. The highest BCUT2D eigenvalue weighted by Gasteiger charge is 2.20.